The van der Waals surface area contributed by atoms with E-state index >= 15 is 0 Å². The van der Waals surface area contributed by atoms with Gasteiger partial charge in [0, 0.05) is 46.8 Å². The first-order valence-electron chi connectivity index (χ1n) is 16.4. The summed E-state index contributed by atoms with van der Waals surface area (Å²) in [7, 11) is 0. The molecule has 6 heteroatoms. The van der Waals surface area contributed by atoms with Gasteiger partial charge in [-0.3, -0.25) is 4.99 Å². The van der Waals surface area contributed by atoms with Gasteiger partial charge >= 0.3 is 0 Å². The van der Waals surface area contributed by atoms with Gasteiger partial charge in [0.2, 0.25) is 0 Å². The number of fused-ring (bicyclic) bond motifs is 3. The molecule has 232 valence electrons. The molecular weight excluding hydrogens is 579 g/mol. The first kappa shape index (κ1) is 31.0. The maximum absolute atomic E-state index is 14.9. The number of pyridine rings is 1. The van der Waals surface area contributed by atoms with Gasteiger partial charge in [-0.05, 0) is 102 Å². The third-order valence-electron chi connectivity index (χ3n) is 8.80. The molecular formula is C39H42ClFN4. The van der Waals surface area contributed by atoms with Gasteiger partial charge in [0.05, 0.1) is 12.3 Å². The molecule has 45 heavy (non-hydrogen) atoms. The Morgan fingerprint density at radius 1 is 0.889 bits per heavy atom. The molecule has 3 aromatic carbocycles. The van der Waals surface area contributed by atoms with E-state index in [1.165, 1.54) is 49.4 Å². The molecule has 1 aliphatic heterocycles. The Hall–Kier alpha value is -3.96. The van der Waals surface area contributed by atoms with Crippen molar-refractivity contribution in [3.05, 3.63) is 118 Å². The molecule has 6 rings (SSSR count). The Morgan fingerprint density at radius 2 is 1.69 bits per heavy atom. The smallest absolute Gasteiger partial charge is 0.132 e. The third-order valence-corrected chi connectivity index (χ3v) is 9.03. The Bertz CT molecular complexity index is 1720. The molecule has 0 radical (unpaired) electrons. The molecule has 0 spiro atoms. The van der Waals surface area contributed by atoms with E-state index in [1.54, 1.807) is 17.7 Å². The van der Waals surface area contributed by atoms with Gasteiger partial charge in [0.1, 0.15) is 11.6 Å². The van der Waals surface area contributed by atoms with Crippen molar-refractivity contribution in [1.29, 1.82) is 0 Å². The molecule has 4 aromatic rings. The highest BCUT2D eigenvalue weighted by Crippen LogP contribution is 2.40. The maximum Gasteiger partial charge on any atom is 0.132 e. The SMILES string of the molecule is CCCC(C)CCN(CCC)C(=C1CC1)c1ccc(Nc2cc3c(cn2)CN=C(c2ccccc2F)c2cc(Cl)ccc2-3)cc1. The van der Waals surface area contributed by atoms with E-state index in [-0.39, 0.29) is 5.82 Å². The monoisotopic (exact) mass is 620 g/mol. The molecule has 1 aliphatic carbocycles. The van der Waals surface area contributed by atoms with Crippen molar-refractivity contribution in [2.24, 2.45) is 10.9 Å². The molecule has 1 fully saturated rings. The van der Waals surface area contributed by atoms with Gasteiger partial charge in [-0.15, -0.1) is 0 Å². The average molecular weight is 621 g/mol. The Balaban J connectivity index is 1.25. The molecule has 1 aromatic heterocycles. The molecule has 2 heterocycles. The molecule has 0 bridgehead atoms. The summed E-state index contributed by atoms with van der Waals surface area (Å²) in [6.07, 6.45) is 9.20. The van der Waals surface area contributed by atoms with Crippen LogP contribution in [0.4, 0.5) is 15.9 Å². The van der Waals surface area contributed by atoms with Crippen LogP contribution < -0.4 is 5.32 Å². The molecule has 1 atom stereocenters. The zero-order valence-corrected chi connectivity index (χ0v) is 27.3. The molecule has 4 nitrogen and oxygen atoms in total. The second-order valence-corrected chi connectivity index (χ2v) is 12.8. The number of nitrogens with one attached hydrogen (secondary N) is 1. The fourth-order valence-corrected chi connectivity index (χ4v) is 6.57. The third kappa shape index (κ3) is 7.15. The van der Waals surface area contributed by atoms with Crippen molar-refractivity contribution in [2.75, 3.05) is 18.4 Å². The minimum absolute atomic E-state index is 0.304. The van der Waals surface area contributed by atoms with Crippen molar-refractivity contribution >= 4 is 34.5 Å². The van der Waals surface area contributed by atoms with Crippen molar-refractivity contribution in [2.45, 2.75) is 65.8 Å². The summed E-state index contributed by atoms with van der Waals surface area (Å²) in [6, 6.07) is 23.4. The summed E-state index contributed by atoms with van der Waals surface area (Å²) >= 11 is 6.45. The van der Waals surface area contributed by atoms with Crippen LogP contribution in [0.15, 0.2) is 89.6 Å². The number of allylic oxidation sites excluding steroid dienone is 1. The van der Waals surface area contributed by atoms with E-state index in [4.69, 9.17) is 21.6 Å². The van der Waals surface area contributed by atoms with E-state index in [0.29, 0.717) is 22.8 Å². The van der Waals surface area contributed by atoms with Gasteiger partial charge in [-0.1, -0.05) is 75.5 Å². The number of anilines is 2. The van der Waals surface area contributed by atoms with E-state index in [2.05, 4.69) is 61.3 Å². The molecule has 1 unspecified atom stereocenters. The molecule has 0 amide bonds. The lowest BCUT2D eigenvalue weighted by Gasteiger charge is -2.29. The summed E-state index contributed by atoms with van der Waals surface area (Å²) in [5.74, 6) is 1.19. The van der Waals surface area contributed by atoms with E-state index in [1.807, 2.05) is 30.5 Å². The highest BCUT2D eigenvalue weighted by Gasteiger charge is 2.24. The van der Waals surface area contributed by atoms with Crippen molar-refractivity contribution < 1.29 is 4.39 Å². The number of benzene rings is 3. The predicted molar refractivity (Wildman–Crippen MR) is 187 cm³/mol. The first-order chi connectivity index (χ1) is 21.9. The van der Waals surface area contributed by atoms with Crippen LogP contribution in [0.3, 0.4) is 0 Å². The molecule has 0 saturated heterocycles. The van der Waals surface area contributed by atoms with Crippen LogP contribution in [0.1, 0.15) is 81.5 Å². The fraction of sp³-hybridized carbons (Fsp3) is 0.333. The topological polar surface area (TPSA) is 40.5 Å². The lowest BCUT2D eigenvalue weighted by atomic mass is 9.92. The second kappa shape index (κ2) is 14.0. The number of aromatic nitrogens is 1. The Kier molecular flexibility index (Phi) is 9.65. The number of nitrogens with zero attached hydrogens (tertiary/aromatic N) is 3. The van der Waals surface area contributed by atoms with Gasteiger partial charge in [-0.2, -0.15) is 0 Å². The maximum atomic E-state index is 14.9. The molecule has 2 aliphatic rings. The van der Waals surface area contributed by atoms with Crippen molar-refractivity contribution in [3.8, 4) is 11.1 Å². The molecule has 1 N–H and O–H groups in total. The second-order valence-electron chi connectivity index (χ2n) is 12.4. The lowest BCUT2D eigenvalue weighted by molar-refractivity contribution is 0.345. The number of rotatable bonds is 12. The van der Waals surface area contributed by atoms with Gasteiger partial charge in [-0.25, -0.2) is 9.37 Å². The fourth-order valence-electron chi connectivity index (χ4n) is 6.40. The van der Waals surface area contributed by atoms with Crippen molar-refractivity contribution in [3.63, 3.8) is 0 Å². The van der Waals surface area contributed by atoms with Crippen LogP contribution in [0.5, 0.6) is 0 Å². The van der Waals surface area contributed by atoms with Crippen molar-refractivity contribution in [1.82, 2.24) is 9.88 Å². The standard InChI is InChI=1S/C39H42ClFN4/c1-4-8-26(3)19-21-45(20-5-2)39(27-11-12-27)28-13-16-31(17-14-28)44-37-23-34-29(24-42-37)25-43-38(33-9-6-7-10-36(33)41)35-22-30(40)15-18-32(34)35/h6-7,9-10,13-18,22-24,26H,4-5,8,11-12,19-21,25H2,1-3H3,(H,42,44). The highest BCUT2D eigenvalue weighted by atomic mass is 35.5. The summed E-state index contributed by atoms with van der Waals surface area (Å²) in [6.45, 7) is 9.54. The van der Waals surface area contributed by atoms with Crippen LogP contribution in [-0.2, 0) is 6.54 Å². The summed E-state index contributed by atoms with van der Waals surface area (Å²) < 4.78 is 14.9. The van der Waals surface area contributed by atoms with Gasteiger partial charge in [0.25, 0.3) is 0 Å². The van der Waals surface area contributed by atoms with E-state index in [9.17, 15) is 4.39 Å². The van der Waals surface area contributed by atoms with Crippen LogP contribution in [0, 0.1) is 11.7 Å². The van der Waals surface area contributed by atoms with Crippen LogP contribution in [0.2, 0.25) is 5.02 Å². The first-order valence-corrected chi connectivity index (χ1v) is 16.8. The zero-order valence-electron chi connectivity index (χ0n) is 26.5. The van der Waals surface area contributed by atoms with E-state index < -0.39 is 0 Å². The number of halogens is 2. The summed E-state index contributed by atoms with van der Waals surface area (Å²) in [5, 5.41) is 4.11. The number of hydrogen-bond acceptors (Lipinski definition) is 4. The molecule has 1 saturated carbocycles. The number of hydrogen-bond donors (Lipinski definition) is 1. The van der Waals surface area contributed by atoms with Crippen LogP contribution in [0.25, 0.3) is 16.8 Å². The predicted octanol–water partition coefficient (Wildman–Crippen LogP) is 10.7. The Morgan fingerprint density at radius 3 is 2.42 bits per heavy atom. The normalized spacial score (nSPS) is 14.2. The minimum atomic E-state index is -0.304. The van der Waals surface area contributed by atoms with Crippen LogP contribution in [-0.4, -0.2) is 28.7 Å². The zero-order chi connectivity index (χ0) is 31.3. The Labute approximate surface area is 272 Å². The van der Waals surface area contributed by atoms with E-state index in [0.717, 1.165) is 59.2 Å². The van der Waals surface area contributed by atoms with Gasteiger partial charge in [0.15, 0.2) is 0 Å². The highest BCUT2D eigenvalue weighted by molar-refractivity contribution is 6.31. The summed E-state index contributed by atoms with van der Waals surface area (Å²) in [5.41, 5.74) is 10.1. The summed E-state index contributed by atoms with van der Waals surface area (Å²) in [4.78, 5) is 12.2. The lowest BCUT2D eigenvalue weighted by Crippen LogP contribution is -2.26. The minimum Gasteiger partial charge on any atom is -0.371 e. The average Bonchev–Trinajstić information content (AvgIpc) is 3.89. The van der Waals surface area contributed by atoms with Gasteiger partial charge < -0.3 is 10.2 Å². The largest absolute Gasteiger partial charge is 0.371 e. The van der Waals surface area contributed by atoms with Crippen LogP contribution >= 0.6 is 11.6 Å². The number of aliphatic imine (C=N–C) groups is 1. The quantitative estimate of drug-likeness (QED) is 0.171.